The molecular formula is C12H15N3S. The second-order valence-electron chi connectivity index (χ2n) is 4.28. The van der Waals surface area contributed by atoms with Crippen LogP contribution in [0.2, 0.25) is 0 Å². The molecule has 4 heteroatoms. The van der Waals surface area contributed by atoms with E-state index in [-0.39, 0.29) is 0 Å². The van der Waals surface area contributed by atoms with Crippen LogP contribution in [-0.4, -0.2) is 9.55 Å². The minimum Gasteiger partial charge on any atom is -0.351 e. The Morgan fingerprint density at radius 1 is 1.56 bits per heavy atom. The number of hydrogen-bond donors (Lipinski definition) is 1. The van der Waals surface area contributed by atoms with Crippen LogP contribution in [0.1, 0.15) is 29.5 Å². The number of nitrogens with one attached hydrogen (secondary N) is 1. The lowest BCUT2D eigenvalue weighted by Gasteiger charge is -2.07. The predicted octanol–water partition coefficient (Wildman–Crippen LogP) is 3.20. The predicted molar refractivity (Wildman–Crippen MR) is 66.9 cm³/mol. The fraction of sp³-hybridized carbons (Fsp3) is 0.417. The van der Waals surface area contributed by atoms with Crippen LogP contribution in [0.3, 0.4) is 0 Å². The summed E-state index contributed by atoms with van der Waals surface area (Å²) in [6.45, 7) is 2.93. The highest BCUT2D eigenvalue weighted by atomic mass is 32.1. The van der Waals surface area contributed by atoms with Crippen molar-refractivity contribution in [3.63, 3.8) is 0 Å². The normalized spacial score (nSPS) is 15.3. The molecule has 3 rings (SSSR count). The van der Waals surface area contributed by atoms with Gasteiger partial charge in [0.15, 0.2) is 0 Å². The topological polar surface area (TPSA) is 29.9 Å². The first kappa shape index (κ1) is 9.90. The van der Waals surface area contributed by atoms with Crippen LogP contribution in [0.5, 0.6) is 0 Å². The number of imidazole rings is 1. The van der Waals surface area contributed by atoms with Gasteiger partial charge >= 0.3 is 0 Å². The van der Waals surface area contributed by atoms with Gasteiger partial charge in [-0.15, -0.1) is 11.3 Å². The second kappa shape index (κ2) is 3.94. The third-order valence-electron chi connectivity index (χ3n) is 2.79. The summed E-state index contributed by atoms with van der Waals surface area (Å²) in [6.07, 6.45) is 4.74. The lowest BCUT2D eigenvalue weighted by molar-refractivity contribution is 0.743. The number of hydrogen-bond acceptors (Lipinski definition) is 3. The van der Waals surface area contributed by atoms with Gasteiger partial charge in [0.2, 0.25) is 5.95 Å². The van der Waals surface area contributed by atoms with Crippen molar-refractivity contribution in [3.8, 4) is 0 Å². The zero-order valence-corrected chi connectivity index (χ0v) is 10.1. The lowest BCUT2D eigenvalue weighted by atomic mass is 10.5. The van der Waals surface area contributed by atoms with Crippen LogP contribution in [0, 0.1) is 6.92 Å². The van der Waals surface area contributed by atoms with Crippen molar-refractivity contribution < 1.29 is 0 Å². The Labute approximate surface area is 99.1 Å². The molecule has 0 spiro atoms. The van der Waals surface area contributed by atoms with Gasteiger partial charge in [0.1, 0.15) is 0 Å². The highest BCUT2D eigenvalue weighted by Crippen LogP contribution is 2.37. The fourth-order valence-corrected chi connectivity index (χ4v) is 2.50. The van der Waals surface area contributed by atoms with Crippen LogP contribution in [0.25, 0.3) is 0 Å². The van der Waals surface area contributed by atoms with Crippen LogP contribution >= 0.6 is 11.3 Å². The van der Waals surface area contributed by atoms with Crippen molar-refractivity contribution in [2.24, 2.45) is 0 Å². The van der Waals surface area contributed by atoms with Crippen LogP contribution < -0.4 is 5.32 Å². The lowest BCUT2D eigenvalue weighted by Crippen LogP contribution is -2.05. The van der Waals surface area contributed by atoms with E-state index in [9.17, 15) is 0 Å². The van der Waals surface area contributed by atoms with Gasteiger partial charge in [-0.1, -0.05) is 6.07 Å². The van der Waals surface area contributed by atoms with Crippen LogP contribution in [0.15, 0.2) is 23.7 Å². The van der Waals surface area contributed by atoms with Gasteiger partial charge in [-0.3, -0.25) is 0 Å². The van der Waals surface area contributed by atoms with Gasteiger partial charge in [-0.25, -0.2) is 4.98 Å². The third kappa shape index (κ3) is 1.97. The maximum absolute atomic E-state index is 4.53. The molecule has 0 saturated heterocycles. The summed E-state index contributed by atoms with van der Waals surface area (Å²) in [6, 6.07) is 4.92. The highest BCUT2D eigenvalue weighted by Gasteiger charge is 2.26. The first-order chi connectivity index (χ1) is 7.83. The van der Waals surface area contributed by atoms with E-state index in [2.05, 4.69) is 45.5 Å². The van der Waals surface area contributed by atoms with E-state index >= 15 is 0 Å². The molecular weight excluding hydrogens is 218 g/mol. The molecule has 0 bridgehead atoms. The molecule has 2 aromatic heterocycles. The summed E-state index contributed by atoms with van der Waals surface area (Å²) in [7, 11) is 0. The maximum Gasteiger partial charge on any atom is 0.203 e. The maximum atomic E-state index is 4.53. The van der Waals surface area contributed by atoms with Crippen molar-refractivity contribution in [1.82, 2.24) is 9.55 Å². The quantitative estimate of drug-likeness (QED) is 0.879. The Hall–Kier alpha value is -1.29. The van der Waals surface area contributed by atoms with Crippen molar-refractivity contribution in [2.75, 3.05) is 5.32 Å². The second-order valence-corrected chi connectivity index (χ2v) is 5.31. The third-order valence-corrected chi connectivity index (χ3v) is 3.67. The van der Waals surface area contributed by atoms with Gasteiger partial charge in [-0.2, -0.15) is 0 Å². The molecule has 0 atom stereocenters. The zero-order chi connectivity index (χ0) is 11.0. The molecule has 16 heavy (non-hydrogen) atoms. The number of nitrogens with zero attached hydrogens (tertiary/aromatic N) is 2. The molecule has 2 aromatic rings. The van der Waals surface area contributed by atoms with E-state index in [0.29, 0.717) is 6.04 Å². The first-order valence-electron chi connectivity index (χ1n) is 5.64. The summed E-state index contributed by atoms with van der Waals surface area (Å²) in [5.41, 5.74) is 1.10. The number of thiophene rings is 1. The minimum atomic E-state index is 0.687. The van der Waals surface area contributed by atoms with E-state index in [4.69, 9.17) is 0 Å². The van der Waals surface area contributed by atoms with Crippen molar-refractivity contribution in [2.45, 2.75) is 32.4 Å². The summed E-state index contributed by atoms with van der Waals surface area (Å²) in [5.74, 6) is 1.02. The van der Waals surface area contributed by atoms with Crippen molar-refractivity contribution >= 4 is 17.3 Å². The summed E-state index contributed by atoms with van der Waals surface area (Å²) in [5, 5.41) is 5.53. The standard InChI is InChI=1S/C12H15N3S/c1-9-8-15(10-4-5-10)12(14-9)13-7-11-3-2-6-16-11/h2-3,6,8,10H,4-5,7H2,1H3,(H,13,14). The van der Waals surface area contributed by atoms with Crippen LogP contribution in [-0.2, 0) is 6.54 Å². The zero-order valence-electron chi connectivity index (χ0n) is 9.31. The number of aromatic nitrogens is 2. The Morgan fingerprint density at radius 3 is 3.12 bits per heavy atom. The minimum absolute atomic E-state index is 0.687. The van der Waals surface area contributed by atoms with E-state index in [1.807, 2.05) is 0 Å². The highest BCUT2D eigenvalue weighted by molar-refractivity contribution is 7.09. The van der Waals surface area contributed by atoms with Gasteiger partial charge in [0.25, 0.3) is 0 Å². The van der Waals surface area contributed by atoms with Gasteiger partial charge < -0.3 is 9.88 Å². The average molecular weight is 233 g/mol. The molecule has 0 radical (unpaired) electrons. The number of aryl methyl sites for hydroxylation is 1. The molecule has 1 aliphatic rings. The molecule has 1 N–H and O–H groups in total. The SMILES string of the molecule is Cc1cn(C2CC2)c(NCc2cccs2)n1. The molecule has 0 unspecified atom stereocenters. The van der Waals surface area contributed by atoms with Gasteiger partial charge in [0.05, 0.1) is 12.2 Å². The van der Waals surface area contributed by atoms with E-state index in [1.54, 1.807) is 11.3 Å². The van der Waals surface area contributed by atoms with Gasteiger partial charge in [0, 0.05) is 17.1 Å². The summed E-state index contributed by atoms with van der Waals surface area (Å²) < 4.78 is 2.28. The summed E-state index contributed by atoms with van der Waals surface area (Å²) >= 11 is 1.78. The number of rotatable bonds is 4. The Balaban J connectivity index is 1.73. The molecule has 1 aliphatic carbocycles. The van der Waals surface area contributed by atoms with Crippen molar-refractivity contribution in [1.29, 1.82) is 0 Å². The molecule has 0 amide bonds. The molecule has 0 aliphatic heterocycles. The van der Waals surface area contributed by atoms with E-state index in [0.717, 1.165) is 18.2 Å². The summed E-state index contributed by atoms with van der Waals surface area (Å²) in [4.78, 5) is 5.88. The Bertz CT molecular complexity index is 468. The average Bonchev–Trinajstić information content (AvgIpc) is 2.85. The van der Waals surface area contributed by atoms with E-state index < -0.39 is 0 Å². The first-order valence-corrected chi connectivity index (χ1v) is 6.52. The van der Waals surface area contributed by atoms with Gasteiger partial charge in [-0.05, 0) is 31.2 Å². The molecule has 1 fully saturated rings. The largest absolute Gasteiger partial charge is 0.351 e. The molecule has 84 valence electrons. The Kier molecular flexibility index (Phi) is 2.44. The monoisotopic (exact) mass is 233 g/mol. The Morgan fingerprint density at radius 2 is 2.44 bits per heavy atom. The van der Waals surface area contributed by atoms with E-state index in [1.165, 1.54) is 17.7 Å². The fourth-order valence-electron chi connectivity index (χ4n) is 1.86. The molecule has 3 nitrogen and oxygen atoms in total. The van der Waals surface area contributed by atoms with Crippen molar-refractivity contribution in [3.05, 3.63) is 34.3 Å². The molecule has 1 saturated carbocycles. The van der Waals surface area contributed by atoms with Crippen LogP contribution in [0.4, 0.5) is 5.95 Å². The molecule has 0 aromatic carbocycles. The number of anilines is 1. The smallest absolute Gasteiger partial charge is 0.203 e. The molecule has 2 heterocycles.